The Morgan fingerprint density at radius 2 is 2.07 bits per heavy atom. The summed E-state index contributed by atoms with van der Waals surface area (Å²) in [4.78, 5) is 0. The molecule has 1 heterocycles. The van der Waals surface area contributed by atoms with E-state index in [9.17, 15) is 12.3 Å². The van der Waals surface area contributed by atoms with Gasteiger partial charge in [0.1, 0.15) is 5.75 Å². The van der Waals surface area contributed by atoms with Gasteiger partial charge in [0.25, 0.3) is 0 Å². The first-order valence-corrected chi connectivity index (χ1v) is 5.98. The van der Waals surface area contributed by atoms with Crippen molar-refractivity contribution in [2.75, 3.05) is 0 Å². The normalized spacial score (nSPS) is 12.1. The number of halogens is 1. The molecule has 0 aliphatic rings. The number of aromatic nitrogens is 1. The van der Waals surface area contributed by atoms with Gasteiger partial charge in [-0.05, 0) is 17.7 Å². The molecule has 1 aromatic carbocycles. The fraction of sp³-hybridized carbons (Fsp3) is 0.200. The predicted octanol–water partition coefficient (Wildman–Crippen LogP) is 1.98. The van der Waals surface area contributed by atoms with E-state index in [0.717, 1.165) is 10.9 Å². The highest BCUT2D eigenvalue weighted by Crippen LogP contribution is 2.21. The molecule has 15 heavy (non-hydrogen) atoms. The summed E-state index contributed by atoms with van der Waals surface area (Å²) in [5.41, 5.74) is 1.40. The van der Waals surface area contributed by atoms with E-state index in [1.807, 2.05) is 23.9 Å². The zero-order valence-corrected chi connectivity index (χ0v) is 8.96. The minimum absolute atomic E-state index is 0.496. The molecule has 5 heteroatoms. The first kappa shape index (κ1) is 10.2. The van der Waals surface area contributed by atoms with Crippen molar-refractivity contribution in [3.05, 3.63) is 36.0 Å². The zero-order chi connectivity index (χ0) is 11.1. The van der Waals surface area contributed by atoms with Gasteiger partial charge in [-0.25, -0.2) is 0 Å². The molecule has 0 aliphatic carbocycles. The van der Waals surface area contributed by atoms with Gasteiger partial charge in [0.15, 0.2) is 0 Å². The summed E-state index contributed by atoms with van der Waals surface area (Å²) in [6.07, 6.45) is 1.82. The molecule has 2 aromatic rings. The maximum absolute atomic E-state index is 12.6. The number of rotatable bonds is 2. The summed E-state index contributed by atoms with van der Waals surface area (Å²) < 4.78 is 35.6. The summed E-state index contributed by atoms with van der Waals surface area (Å²) in [6.45, 7) is 0. The highest BCUT2D eigenvalue weighted by Gasteiger charge is 2.12. The molecule has 0 saturated heterocycles. The highest BCUT2D eigenvalue weighted by atomic mass is 32.3. The Morgan fingerprint density at radius 3 is 2.73 bits per heavy atom. The van der Waals surface area contributed by atoms with Gasteiger partial charge in [0.2, 0.25) is 0 Å². The van der Waals surface area contributed by atoms with E-state index in [1.165, 1.54) is 0 Å². The maximum atomic E-state index is 12.6. The van der Waals surface area contributed by atoms with Crippen molar-refractivity contribution in [2.24, 2.45) is 7.05 Å². The van der Waals surface area contributed by atoms with Gasteiger partial charge in [-0.3, -0.25) is 0 Å². The van der Waals surface area contributed by atoms with Crippen LogP contribution in [0.3, 0.4) is 0 Å². The third-order valence-corrected chi connectivity index (χ3v) is 3.00. The lowest BCUT2D eigenvalue weighted by Crippen LogP contribution is -1.96. The minimum Gasteiger partial charge on any atom is -0.351 e. The maximum Gasteiger partial charge on any atom is 0.306 e. The fourth-order valence-electron chi connectivity index (χ4n) is 1.68. The summed E-state index contributed by atoms with van der Waals surface area (Å²) in [5, 5.41) is 0.779. The van der Waals surface area contributed by atoms with Crippen LogP contribution in [0.15, 0.2) is 30.5 Å². The Bertz CT molecular complexity index is 601. The van der Waals surface area contributed by atoms with E-state index in [2.05, 4.69) is 0 Å². The largest absolute Gasteiger partial charge is 0.351 e. The minimum atomic E-state index is -4.47. The number of benzene rings is 1. The van der Waals surface area contributed by atoms with Crippen LogP contribution in [0, 0.1) is 0 Å². The molecular formula is C10H10FNO2S. The molecule has 2 rings (SSSR count). The van der Waals surface area contributed by atoms with E-state index in [-0.39, 0.29) is 0 Å². The fourth-order valence-corrected chi connectivity index (χ4v) is 2.30. The molecule has 0 fully saturated rings. The van der Waals surface area contributed by atoms with Crippen LogP contribution in [0.1, 0.15) is 5.56 Å². The molecular weight excluding hydrogens is 217 g/mol. The summed E-state index contributed by atoms with van der Waals surface area (Å²) >= 11 is 0. The monoisotopic (exact) mass is 227 g/mol. The van der Waals surface area contributed by atoms with E-state index in [1.54, 1.807) is 18.2 Å². The Labute approximate surface area is 87.3 Å². The molecule has 0 aliphatic heterocycles. The third kappa shape index (κ3) is 2.02. The molecule has 0 radical (unpaired) electrons. The van der Waals surface area contributed by atoms with Gasteiger partial charge in [-0.15, -0.1) is 3.89 Å². The summed E-state index contributed by atoms with van der Waals surface area (Å²) in [6, 6.07) is 7.00. The molecule has 0 saturated carbocycles. The van der Waals surface area contributed by atoms with Gasteiger partial charge in [-0.1, -0.05) is 12.1 Å². The van der Waals surface area contributed by atoms with Crippen molar-refractivity contribution in [1.82, 2.24) is 4.57 Å². The van der Waals surface area contributed by atoms with Crippen LogP contribution in [-0.2, 0) is 23.0 Å². The SMILES string of the molecule is Cn1ccc2c(CS(=O)(=O)F)cccc21. The number of nitrogens with zero attached hydrogens (tertiary/aromatic N) is 1. The van der Waals surface area contributed by atoms with Crippen LogP contribution in [0.25, 0.3) is 10.9 Å². The number of fused-ring (bicyclic) bond motifs is 1. The predicted molar refractivity (Wildman–Crippen MR) is 56.7 cm³/mol. The number of aryl methyl sites for hydroxylation is 1. The lowest BCUT2D eigenvalue weighted by atomic mass is 10.1. The second kappa shape index (κ2) is 3.34. The molecule has 0 amide bonds. The van der Waals surface area contributed by atoms with Gasteiger partial charge in [0, 0.05) is 24.1 Å². The smallest absolute Gasteiger partial charge is 0.306 e. The van der Waals surface area contributed by atoms with E-state index < -0.39 is 16.0 Å². The van der Waals surface area contributed by atoms with Crippen LogP contribution in [0.2, 0.25) is 0 Å². The first-order valence-electron chi connectivity index (χ1n) is 4.42. The van der Waals surface area contributed by atoms with E-state index in [4.69, 9.17) is 0 Å². The Morgan fingerprint density at radius 1 is 1.33 bits per heavy atom. The summed E-state index contributed by atoms with van der Waals surface area (Å²) in [7, 11) is -2.61. The Kier molecular flexibility index (Phi) is 2.26. The average Bonchev–Trinajstić information content (AvgIpc) is 2.47. The van der Waals surface area contributed by atoms with Crippen LogP contribution in [-0.4, -0.2) is 13.0 Å². The second-order valence-electron chi connectivity index (χ2n) is 3.46. The molecule has 0 bridgehead atoms. The van der Waals surface area contributed by atoms with Crippen molar-refractivity contribution >= 4 is 21.1 Å². The van der Waals surface area contributed by atoms with Crippen molar-refractivity contribution in [3.8, 4) is 0 Å². The first-order chi connectivity index (χ1) is 6.97. The Balaban J connectivity index is 2.62. The van der Waals surface area contributed by atoms with Gasteiger partial charge < -0.3 is 4.57 Å². The lowest BCUT2D eigenvalue weighted by Gasteiger charge is -2.01. The van der Waals surface area contributed by atoms with Crippen LogP contribution < -0.4 is 0 Å². The van der Waals surface area contributed by atoms with Crippen LogP contribution in [0.5, 0.6) is 0 Å². The van der Waals surface area contributed by atoms with Gasteiger partial charge in [-0.2, -0.15) is 8.42 Å². The summed E-state index contributed by atoms with van der Waals surface area (Å²) in [5.74, 6) is -0.561. The number of hydrogen-bond acceptors (Lipinski definition) is 2. The van der Waals surface area contributed by atoms with Crippen molar-refractivity contribution < 1.29 is 12.3 Å². The second-order valence-corrected chi connectivity index (χ2v) is 4.83. The molecule has 1 aromatic heterocycles. The topological polar surface area (TPSA) is 39.1 Å². The van der Waals surface area contributed by atoms with Crippen LogP contribution >= 0.6 is 0 Å². The molecule has 0 spiro atoms. The quantitative estimate of drug-likeness (QED) is 0.736. The average molecular weight is 227 g/mol. The lowest BCUT2D eigenvalue weighted by molar-refractivity contribution is 0.551. The standard InChI is InChI=1S/C10H10FNO2S/c1-12-6-5-9-8(7-15(11,13)14)3-2-4-10(9)12/h2-6H,7H2,1H3. The van der Waals surface area contributed by atoms with Crippen molar-refractivity contribution in [1.29, 1.82) is 0 Å². The van der Waals surface area contributed by atoms with E-state index in [0.29, 0.717) is 5.56 Å². The van der Waals surface area contributed by atoms with E-state index >= 15 is 0 Å². The van der Waals surface area contributed by atoms with Crippen LogP contribution in [0.4, 0.5) is 3.89 Å². The molecule has 0 unspecified atom stereocenters. The number of hydrogen-bond donors (Lipinski definition) is 0. The van der Waals surface area contributed by atoms with Crippen molar-refractivity contribution in [3.63, 3.8) is 0 Å². The zero-order valence-electron chi connectivity index (χ0n) is 8.14. The van der Waals surface area contributed by atoms with Gasteiger partial charge >= 0.3 is 10.2 Å². The molecule has 0 atom stereocenters. The van der Waals surface area contributed by atoms with Crippen molar-refractivity contribution in [2.45, 2.75) is 5.75 Å². The molecule has 3 nitrogen and oxygen atoms in total. The van der Waals surface area contributed by atoms with Gasteiger partial charge in [0.05, 0.1) is 0 Å². The third-order valence-electron chi connectivity index (χ3n) is 2.35. The molecule has 80 valence electrons. The Hall–Kier alpha value is -1.36. The molecule has 0 N–H and O–H groups in total. The highest BCUT2D eigenvalue weighted by molar-refractivity contribution is 7.85.